The first-order valence-corrected chi connectivity index (χ1v) is 14.5. The molecule has 0 bridgehead atoms. The van der Waals surface area contributed by atoms with Gasteiger partial charge in [0.2, 0.25) is 10.9 Å². The number of methoxy groups -OCH3 is 1. The molecule has 0 fully saturated rings. The number of aromatic nitrogens is 2. The van der Waals surface area contributed by atoms with Crippen LogP contribution in [0.5, 0.6) is 11.5 Å². The minimum atomic E-state index is -0.992. The normalized spacial score (nSPS) is 15.2. The van der Waals surface area contributed by atoms with E-state index in [-0.39, 0.29) is 16.5 Å². The molecule has 1 N–H and O–H groups in total. The molecule has 4 aromatic rings. The molecule has 8 nitrogen and oxygen atoms in total. The van der Waals surface area contributed by atoms with Crippen LogP contribution in [0.4, 0.5) is 9.52 Å². The highest BCUT2D eigenvalue weighted by Crippen LogP contribution is 2.45. The van der Waals surface area contributed by atoms with E-state index in [9.17, 15) is 19.1 Å². The molecule has 2 aromatic carbocycles. The fraction of sp³-hybridized carbons (Fsp3) is 0.185. The van der Waals surface area contributed by atoms with Crippen molar-refractivity contribution in [3.05, 3.63) is 93.1 Å². The lowest BCUT2D eigenvalue weighted by molar-refractivity contribution is -0.117. The highest BCUT2D eigenvalue weighted by molar-refractivity contribution is 8.00. The zero-order valence-electron chi connectivity index (χ0n) is 20.8. The first kappa shape index (κ1) is 26.9. The summed E-state index contributed by atoms with van der Waals surface area (Å²) in [6, 6.07) is 13.9. The molecule has 1 atom stereocenters. The van der Waals surface area contributed by atoms with Crippen LogP contribution in [-0.4, -0.2) is 40.7 Å². The fourth-order valence-electron chi connectivity index (χ4n) is 4.13. The van der Waals surface area contributed by atoms with Gasteiger partial charge in [-0.2, -0.15) is 0 Å². The number of ketones is 1. The van der Waals surface area contributed by atoms with E-state index in [2.05, 4.69) is 10.2 Å². The summed E-state index contributed by atoms with van der Waals surface area (Å²) in [5.74, 6) is -0.970. The number of Topliss-reactive ketones (excluding diaryl/α,β-unsaturated/α-hetero) is 1. The number of amides is 1. The number of anilines is 1. The molecule has 0 aliphatic carbocycles. The van der Waals surface area contributed by atoms with Gasteiger partial charge in [0.15, 0.2) is 21.6 Å². The van der Waals surface area contributed by atoms with Crippen molar-refractivity contribution in [2.75, 3.05) is 18.6 Å². The van der Waals surface area contributed by atoms with Gasteiger partial charge in [-0.15, -0.1) is 21.5 Å². The third-order valence-electron chi connectivity index (χ3n) is 5.91. The number of nitrogens with zero attached hydrogens (tertiary/aromatic N) is 3. The molecule has 12 heteroatoms. The van der Waals surface area contributed by atoms with Crippen LogP contribution in [0.3, 0.4) is 0 Å². The molecule has 3 heterocycles. The van der Waals surface area contributed by atoms with Gasteiger partial charge in [0.1, 0.15) is 5.82 Å². The van der Waals surface area contributed by atoms with E-state index in [1.165, 1.54) is 41.2 Å². The lowest BCUT2D eigenvalue weighted by Crippen LogP contribution is -2.31. The van der Waals surface area contributed by atoms with E-state index in [1.807, 2.05) is 6.92 Å². The van der Waals surface area contributed by atoms with Crippen molar-refractivity contribution < 1.29 is 28.6 Å². The monoisotopic (exact) mass is 583 g/mol. The zero-order valence-corrected chi connectivity index (χ0v) is 23.2. The SMILES string of the molecule is CCOc1ccc(C2C(C(=O)c3cccs3)=C(O)C(=O)N2c2nnc(SCc3ccccc3F)s2)cc1OC. The fourth-order valence-corrected chi connectivity index (χ4v) is 6.66. The Bertz CT molecular complexity index is 1550. The summed E-state index contributed by atoms with van der Waals surface area (Å²) in [5.41, 5.74) is 0.965. The van der Waals surface area contributed by atoms with Crippen molar-refractivity contribution in [2.45, 2.75) is 23.1 Å². The number of aliphatic hydroxyl groups excluding tert-OH is 1. The number of ether oxygens (including phenoxy) is 2. The maximum atomic E-state index is 14.1. The molecule has 1 aliphatic rings. The third-order valence-corrected chi connectivity index (χ3v) is 8.89. The van der Waals surface area contributed by atoms with Crippen molar-refractivity contribution in [1.29, 1.82) is 0 Å². The van der Waals surface area contributed by atoms with Crippen LogP contribution in [0, 0.1) is 5.82 Å². The summed E-state index contributed by atoms with van der Waals surface area (Å²) in [6.07, 6.45) is 0. The second kappa shape index (κ2) is 11.6. The molecule has 0 saturated heterocycles. The Morgan fingerprint density at radius 1 is 1.15 bits per heavy atom. The maximum absolute atomic E-state index is 14.1. The van der Waals surface area contributed by atoms with Gasteiger partial charge >= 0.3 is 0 Å². The van der Waals surface area contributed by atoms with Crippen molar-refractivity contribution >= 4 is 51.3 Å². The molecule has 39 heavy (non-hydrogen) atoms. The lowest BCUT2D eigenvalue weighted by Gasteiger charge is -2.24. The average Bonchev–Trinajstić information content (AvgIpc) is 3.69. The summed E-state index contributed by atoms with van der Waals surface area (Å²) >= 11 is 3.60. The molecule has 1 amide bonds. The Labute approximate surface area is 235 Å². The molecule has 0 spiro atoms. The molecular formula is C27H22FN3O5S3. The molecule has 1 aliphatic heterocycles. The Morgan fingerprint density at radius 2 is 1.97 bits per heavy atom. The number of hydrogen-bond donors (Lipinski definition) is 1. The van der Waals surface area contributed by atoms with Crippen molar-refractivity contribution in [2.24, 2.45) is 0 Å². The second-order valence-electron chi connectivity index (χ2n) is 8.22. The Kier molecular flexibility index (Phi) is 7.96. The quantitative estimate of drug-likeness (QED) is 0.133. The Balaban J connectivity index is 1.53. The van der Waals surface area contributed by atoms with Crippen molar-refractivity contribution in [3.8, 4) is 11.5 Å². The van der Waals surface area contributed by atoms with Gasteiger partial charge < -0.3 is 14.6 Å². The summed E-state index contributed by atoms with van der Waals surface area (Å²) in [6.45, 7) is 2.27. The van der Waals surface area contributed by atoms with Gasteiger partial charge in [-0.1, -0.05) is 53.4 Å². The van der Waals surface area contributed by atoms with E-state index in [4.69, 9.17) is 9.47 Å². The van der Waals surface area contributed by atoms with Crippen LogP contribution >= 0.6 is 34.4 Å². The summed E-state index contributed by atoms with van der Waals surface area (Å²) < 4.78 is 25.7. The van der Waals surface area contributed by atoms with E-state index < -0.39 is 23.5 Å². The molecule has 200 valence electrons. The zero-order chi connectivity index (χ0) is 27.5. The van der Waals surface area contributed by atoms with Gasteiger partial charge in [0, 0.05) is 5.75 Å². The molecule has 0 radical (unpaired) electrons. The Morgan fingerprint density at radius 3 is 2.69 bits per heavy atom. The van der Waals surface area contributed by atoms with Crippen molar-refractivity contribution in [1.82, 2.24) is 10.2 Å². The van der Waals surface area contributed by atoms with Crippen LogP contribution in [0.25, 0.3) is 0 Å². The number of hydrogen-bond acceptors (Lipinski definition) is 10. The first-order valence-electron chi connectivity index (χ1n) is 11.8. The van der Waals surface area contributed by atoms with Crippen LogP contribution in [0.15, 0.2) is 75.6 Å². The van der Waals surface area contributed by atoms with E-state index >= 15 is 0 Å². The topological polar surface area (TPSA) is 102 Å². The van der Waals surface area contributed by atoms with Gasteiger partial charge in [-0.05, 0) is 47.7 Å². The van der Waals surface area contributed by atoms with E-state index in [0.29, 0.717) is 44.2 Å². The van der Waals surface area contributed by atoms with Gasteiger partial charge in [0.25, 0.3) is 5.91 Å². The molecule has 2 aromatic heterocycles. The smallest absolute Gasteiger partial charge is 0.296 e. The number of rotatable bonds is 10. The number of benzene rings is 2. The largest absolute Gasteiger partial charge is 0.503 e. The minimum Gasteiger partial charge on any atom is -0.503 e. The van der Waals surface area contributed by atoms with Crippen LogP contribution < -0.4 is 14.4 Å². The Hall–Kier alpha value is -3.74. The highest BCUT2D eigenvalue weighted by Gasteiger charge is 2.46. The standard InChI is InChI=1S/C27H22FN3O5S3/c1-3-36-18-11-10-15(13-19(18)35-2)22-21(23(32)20-9-6-12-37-20)24(33)25(34)31(22)26-29-30-27(39-26)38-14-16-7-4-5-8-17(16)28/h4-13,22,33H,3,14H2,1-2H3. The average molecular weight is 584 g/mol. The molecule has 5 rings (SSSR count). The van der Waals surface area contributed by atoms with Gasteiger partial charge in [-0.3, -0.25) is 14.5 Å². The molecule has 0 saturated carbocycles. The minimum absolute atomic E-state index is 0.0653. The predicted octanol–water partition coefficient (Wildman–Crippen LogP) is 6.22. The van der Waals surface area contributed by atoms with Crippen LogP contribution in [0.1, 0.15) is 33.8 Å². The van der Waals surface area contributed by atoms with Gasteiger partial charge in [-0.25, -0.2) is 4.39 Å². The van der Waals surface area contributed by atoms with E-state index in [1.54, 1.807) is 53.9 Å². The van der Waals surface area contributed by atoms with Crippen LogP contribution in [-0.2, 0) is 10.5 Å². The van der Waals surface area contributed by atoms with Gasteiger partial charge in [0.05, 0.1) is 30.2 Å². The van der Waals surface area contributed by atoms with Crippen molar-refractivity contribution in [3.63, 3.8) is 0 Å². The number of aliphatic hydroxyl groups is 1. The second-order valence-corrected chi connectivity index (χ2v) is 11.3. The first-order chi connectivity index (χ1) is 18.9. The summed E-state index contributed by atoms with van der Waals surface area (Å²) in [4.78, 5) is 28.6. The predicted molar refractivity (Wildman–Crippen MR) is 149 cm³/mol. The highest BCUT2D eigenvalue weighted by atomic mass is 32.2. The summed E-state index contributed by atoms with van der Waals surface area (Å²) in [5, 5.41) is 21.3. The van der Waals surface area contributed by atoms with Crippen LogP contribution in [0.2, 0.25) is 0 Å². The number of carbonyl (C=O) groups excluding carboxylic acids is 2. The maximum Gasteiger partial charge on any atom is 0.296 e. The molecular weight excluding hydrogens is 562 g/mol. The number of thiophene rings is 1. The molecule has 1 unspecified atom stereocenters. The lowest BCUT2D eigenvalue weighted by atomic mass is 9.95. The number of thioether (sulfide) groups is 1. The van der Waals surface area contributed by atoms with E-state index in [0.717, 1.165) is 11.3 Å². The number of halogens is 1. The summed E-state index contributed by atoms with van der Waals surface area (Å²) in [7, 11) is 1.49. The number of carbonyl (C=O) groups is 2. The third kappa shape index (κ3) is 5.27.